The van der Waals surface area contributed by atoms with Crippen molar-refractivity contribution in [1.82, 2.24) is 0 Å². The third-order valence-electron chi connectivity index (χ3n) is 6.77. The summed E-state index contributed by atoms with van der Waals surface area (Å²) in [7, 11) is 0. The molecule has 28 heteroatoms. The molecule has 0 N–H and O–H groups in total. The van der Waals surface area contributed by atoms with Crippen molar-refractivity contribution in [1.29, 1.82) is 0 Å². The van der Waals surface area contributed by atoms with Gasteiger partial charge in [-0.1, -0.05) is 62.3 Å². The van der Waals surface area contributed by atoms with Crippen molar-refractivity contribution in [2.45, 2.75) is 136 Å². The Hall–Kier alpha value is -2.11. The Kier molecular flexibility index (Phi) is 20.8. The number of rotatable bonds is 12. The van der Waals surface area contributed by atoms with Crippen LogP contribution in [0.15, 0.2) is 0 Å². The number of halogens is 21. The smallest absolute Gasteiger partial charge is 0.299 e. The van der Waals surface area contributed by atoms with Crippen molar-refractivity contribution in [2.75, 3.05) is 0 Å². The SMILES string of the molecule is CC(C)(C)C(=O)CC(=O)C(F)(F)C(F)(F)C(F)(F)F.CC(C)(C)C(=O)CC(=O)C(F)(F)C(F)(F)C(F)(F)F.CC(C)(C)C(=O)CC(=O)C(F)(F)C(F)(F)C(F)(F)F.[Sm]. The summed E-state index contributed by atoms with van der Waals surface area (Å²) in [5, 5.41) is 0. The van der Waals surface area contributed by atoms with Gasteiger partial charge in [-0.3, -0.25) is 28.8 Å². The van der Waals surface area contributed by atoms with E-state index in [0.717, 1.165) is 0 Å². The van der Waals surface area contributed by atoms with Gasteiger partial charge in [0.05, 0.1) is 19.3 Å². The Morgan fingerprint density at radius 3 is 0.483 bits per heavy atom. The Morgan fingerprint density at radius 1 is 0.276 bits per heavy atom. The topological polar surface area (TPSA) is 102 Å². The van der Waals surface area contributed by atoms with E-state index in [1.54, 1.807) is 0 Å². The molecule has 6 nitrogen and oxygen atoms in total. The van der Waals surface area contributed by atoms with E-state index in [2.05, 4.69) is 0 Å². The Labute approximate surface area is 346 Å². The van der Waals surface area contributed by atoms with Gasteiger partial charge in [-0.15, -0.1) is 0 Å². The van der Waals surface area contributed by atoms with Crippen LogP contribution < -0.4 is 0 Å². The molecule has 58 heavy (non-hydrogen) atoms. The first-order valence-corrected chi connectivity index (χ1v) is 14.8. The minimum Gasteiger partial charge on any atom is -0.299 e. The Balaban J connectivity index is -0.000000374. The molecule has 0 aromatic rings. The van der Waals surface area contributed by atoms with Crippen molar-refractivity contribution < 1.29 is 161 Å². The fourth-order valence-corrected chi connectivity index (χ4v) is 2.63. The summed E-state index contributed by atoms with van der Waals surface area (Å²) in [6.07, 6.45) is -24.8. The van der Waals surface area contributed by atoms with E-state index in [1.807, 2.05) is 0 Å². The van der Waals surface area contributed by atoms with Gasteiger partial charge in [-0.2, -0.15) is 92.2 Å². The zero-order valence-corrected chi connectivity index (χ0v) is 33.5. The normalized spacial score (nSPS) is 14.2. The van der Waals surface area contributed by atoms with Gasteiger partial charge in [0.25, 0.3) is 0 Å². The maximum atomic E-state index is 12.9. The third kappa shape index (κ3) is 15.1. The monoisotopic (exact) mass is 1040 g/mol. The van der Waals surface area contributed by atoms with Crippen LogP contribution in [0.1, 0.15) is 81.6 Å². The average molecular weight is 1040 g/mol. The number of hydrogen-bond donors (Lipinski definition) is 0. The van der Waals surface area contributed by atoms with Crippen LogP contribution in [0.2, 0.25) is 0 Å². The van der Waals surface area contributed by atoms with Gasteiger partial charge in [-0.05, 0) is 0 Å². The second kappa shape index (κ2) is 19.3. The number of carbonyl (C=O) groups excluding carboxylic acids is 6. The predicted octanol–water partition coefficient (Wildman–Crippen LogP) is 10.2. The van der Waals surface area contributed by atoms with E-state index in [9.17, 15) is 121 Å². The van der Waals surface area contributed by atoms with Crippen LogP contribution in [0.3, 0.4) is 0 Å². The molecule has 0 amide bonds. The van der Waals surface area contributed by atoms with Crippen molar-refractivity contribution in [3.05, 3.63) is 0 Å². The summed E-state index contributed by atoms with van der Waals surface area (Å²) in [4.78, 5) is 66.2. The van der Waals surface area contributed by atoms with E-state index >= 15 is 0 Å². The van der Waals surface area contributed by atoms with E-state index in [1.165, 1.54) is 62.3 Å². The van der Waals surface area contributed by atoms with E-state index in [4.69, 9.17) is 0 Å². The molecule has 0 rings (SSSR count). The van der Waals surface area contributed by atoms with Gasteiger partial charge >= 0.3 is 54.1 Å². The van der Waals surface area contributed by atoms with Gasteiger partial charge in [-0.25, -0.2) is 0 Å². The van der Waals surface area contributed by atoms with Crippen molar-refractivity contribution >= 4 is 34.7 Å². The second-order valence-electron chi connectivity index (χ2n) is 14.8. The number of ketones is 6. The second-order valence-corrected chi connectivity index (χ2v) is 14.8. The quantitative estimate of drug-likeness (QED) is 0.143. The molecule has 0 aliphatic heterocycles. The van der Waals surface area contributed by atoms with Crippen LogP contribution in [0, 0.1) is 56.6 Å². The molecule has 0 aliphatic carbocycles. The predicted molar refractivity (Wildman–Crippen MR) is 150 cm³/mol. The summed E-state index contributed by atoms with van der Waals surface area (Å²) in [5.41, 5.74) is -3.92. The van der Waals surface area contributed by atoms with Crippen LogP contribution in [-0.4, -0.2) is 88.8 Å². The minimum absolute atomic E-state index is 0. The molecule has 0 bridgehead atoms. The molecular formula is C30H33F21O6Sm. The van der Waals surface area contributed by atoms with Gasteiger partial charge in [0.2, 0.25) is 17.3 Å². The van der Waals surface area contributed by atoms with Crippen molar-refractivity contribution in [2.24, 2.45) is 16.2 Å². The summed E-state index contributed by atoms with van der Waals surface area (Å²) in [6.45, 7) is 10.9. The zero-order chi connectivity index (χ0) is 47.6. The molecule has 0 radical (unpaired) electrons. The van der Waals surface area contributed by atoms with Crippen LogP contribution in [0.25, 0.3) is 0 Å². The average Bonchev–Trinajstić information content (AvgIpc) is 2.93. The fourth-order valence-electron chi connectivity index (χ4n) is 2.63. The molecule has 0 heterocycles. The first kappa shape index (κ1) is 62.5. The van der Waals surface area contributed by atoms with Crippen molar-refractivity contribution in [3.8, 4) is 0 Å². The van der Waals surface area contributed by atoms with E-state index in [-0.39, 0.29) is 40.4 Å². The summed E-state index contributed by atoms with van der Waals surface area (Å²) < 4.78 is 258. The molecule has 0 saturated heterocycles. The number of Topliss-reactive ketones (excluding diaryl/α,β-unsaturated/α-hetero) is 6. The van der Waals surface area contributed by atoms with Crippen LogP contribution in [-0.2, 0) is 28.8 Å². The van der Waals surface area contributed by atoms with Gasteiger partial charge in [0, 0.05) is 56.6 Å². The van der Waals surface area contributed by atoms with Gasteiger partial charge in [0.1, 0.15) is 17.3 Å². The zero-order valence-electron chi connectivity index (χ0n) is 30.9. The summed E-state index contributed by atoms with van der Waals surface area (Å²) in [6, 6.07) is 0. The van der Waals surface area contributed by atoms with E-state index < -0.39 is 124 Å². The maximum absolute atomic E-state index is 12.9. The van der Waals surface area contributed by atoms with Gasteiger partial charge < -0.3 is 0 Å². The number of hydrogen-bond acceptors (Lipinski definition) is 6. The molecule has 0 unspecified atom stereocenters. The minimum atomic E-state index is -6.59. The van der Waals surface area contributed by atoms with Crippen LogP contribution in [0.5, 0.6) is 0 Å². The van der Waals surface area contributed by atoms with Crippen LogP contribution in [0.4, 0.5) is 92.2 Å². The molecule has 342 valence electrons. The molecule has 0 atom stereocenters. The summed E-state index contributed by atoms with van der Waals surface area (Å²) >= 11 is 0. The first-order valence-electron chi connectivity index (χ1n) is 14.8. The fraction of sp³-hybridized carbons (Fsp3) is 0.800. The molecule has 0 aromatic carbocycles. The number of alkyl halides is 21. The van der Waals surface area contributed by atoms with E-state index in [0.29, 0.717) is 0 Å². The third-order valence-corrected chi connectivity index (χ3v) is 6.77. The largest absolute Gasteiger partial charge is 0.460 e. The standard InChI is InChI=1S/3C10H11F7O2.Sm/c3*1-7(2,3)5(18)4-6(19)8(11,12)9(13,14)10(15,16)17;/h3*4H2,1-3H3;. The number of carbonyl (C=O) groups is 6. The maximum Gasteiger partial charge on any atom is 0.460 e. The molecule has 0 aliphatic rings. The molecule has 0 saturated carbocycles. The molecular weight excluding hydrogens is 1010 g/mol. The first-order chi connectivity index (χ1) is 24.1. The van der Waals surface area contributed by atoms with Gasteiger partial charge in [0.15, 0.2) is 0 Å². The molecule has 0 fully saturated rings. The Morgan fingerprint density at radius 2 is 0.397 bits per heavy atom. The van der Waals surface area contributed by atoms with Crippen molar-refractivity contribution in [3.63, 3.8) is 0 Å². The van der Waals surface area contributed by atoms with Crippen LogP contribution >= 0.6 is 0 Å². The Bertz CT molecular complexity index is 1310. The summed E-state index contributed by atoms with van der Waals surface area (Å²) in [5.74, 6) is -49.2. The molecule has 0 spiro atoms. The molecule has 0 aromatic heterocycles.